The molecular formula is C17H27N3O2. The molecular weight excluding hydrogens is 278 g/mol. The number of nitrogens with one attached hydrogen (secondary N) is 1. The second kappa shape index (κ2) is 7.49. The van der Waals surface area contributed by atoms with Crippen LogP contribution < -0.4 is 10.1 Å². The molecule has 2 rings (SSSR count). The Morgan fingerprint density at radius 1 is 1.18 bits per heavy atom. The maximum atomic E-state index is 12.0. The summed E-state index contributed by atoms with van der Waals surface area (Å²) in [5.41, 5.74) is 1.25. The minimum atomic E-state index is 0.0451. The van der Waals surface area contributed by atoms with Gasteiger partial charge in [0, 0.05) is 38.3 Å². The topological polar surface area (TPSA) is 44.8 Å². The van der Waals surface area contributed by atoms with Crippen molar-refractivity contribution in [2.45, 2.75) is 32.9 Å². The van der Waals surface area contributed by atoms with Crippen molar-refractivity contribution in [1.29, 1.82) is 0 Å². The quantitative estimate of drug-likeness (QED) is 0.929. The van der Waals surface area contributed by atoms with Crippen LogP contribution >= 0.6 is 0 Å². The summed E-state index contributed by atoms with van der Waals surface area (Å²) in [6.07, 6.45) is 0. The molecule has 1 aliphatic rings. The highest BCUT2D eigenvalue weighted by molar-refractivity contribution is 5.74. The van der Waals surface area contributed by atoms with Gasteiger partial charge in [0.25, 0.3) is 0 Å². The van der Waals surface area contributed by atoms with Gasteiger partial charge >= 0.3 is 6.03 Å². The number of amides is 2. The molecule has 0 unspecified atom stereocenters. The lowest BCUT2D eigenvalue weighted by Gasteiger charge is -2.38. The van der Waals surface area contributed by atoms with Gasteiger partial charge in [-0.2, -0.15) is 0 Å². The molecule has 22 heavy (non-hydrogen) atoms. The van der Waals surface area contributed by atoms with Gasteiger partial charge in [-0.15, -0.1) is 0 Å². The van der Waals surface area contributed by atoms with E-state index in [1.54, 1.807) is 7.11 Å². The maximum absolute atomic E-state index is 12.0. The standard InChI is InChI=1S/C17H27N3O2/c1-13(2)18-17(21)20-10-8-19(9-11-20)14(3)15-6-5-7-16(12-15)22-4/h5-7,12-14H,8-11H2,1-4H3,(H,18,21)/t14-/m0/s1. The summed E-state index contributed by atoms with van der Waals surface area (Å²) in [7, 11) is 1.69. The zero-order chi connectivity index (χ0) is 16.1. The fourth-order valence-corrected chi connectivity index (χ4v) is 2.76. The first-order valence-corrected chi connectivity index (χ1v) is 7.94. The van der Waals surface area contributed by atoms with Crippen molar-refractivity contribution in [2.75, 3.05) is 33.3 Å². The Kier molecular flexibility index (Phi) is 5.66. The van der Waals surface area contributed by atoms with E-state index in [9.17, 15) is 4.79 Å². The van der Waals surface area contributed by atoms with Crippen molar-refractivity contribution < 1.29 is 9.53 Å². The number of hydrogen-bond acceptors (Lipinski definition) is 3. The van der Waals surface area contributed by atoms with E-state index in [4.69, 9.17) is 4.74 Å². The van der Waals surface area contributed by atoms with Gasteiger partial charge in [0.05, 0.1) is 7.11 Å². The maximum Gasteiger partial charge on any atom is 0.317 e. The summed E-state index contributed by atoms with van der Waals surface area (Å²) in [5, 5.41) is 2.96. The molecule has 0 aliphatic carbocycles. The van der Waals surface area contributed by atoms with Crippen molar-refractivity contribution in [3.05, 3.63) is 29.8 Å². The highest BCUT2D eigenvalue weighted by Crippen LogP contribution is 2.24. The summed E-state index contributed by atoms with van der Waals surface area (Å²) in [4.78, 5) is 16.3. The fraction of sp³-hybridized carbons (Fsp3) is 0.588. The third-order valence-electron chi connectivity index (χ3n) is 4.14. The summed E-state index contributed by atoms with van der Waals surface area (Å²) >= 11 is 0. The number of ether oxygens (including phenoxy) is 1. The zero-order valence-corrected chi connectivity index (χ0v) is 14.0. The molecule has 1 heterocycles. The van der Waals surface area contributed by atoms with Crippen molar-refractivity contribution in [1.82, 2.24) is 15.1 Å². The number of piperazine rings is 1. The number of methoxy groups -OCH3 is 1. The number of nitrogens with zero attached hydrogens (tertiary/aromatic N) is 2. The third-order valence-corrected chi connectivity index (χ3v) is 4.14. The molecule has 1 aromatic carbocycles. The molecule has 0 saturated carbocycles. The number of carbonyl (C=O) groups excluding carboxylic acids is 1. The van der Waals surface area contributed by atoms with Crippen LogP contribution in [0.4, 0.5) is 4.79 Å². The van der Waals surface area contributed by atoms with E-state index in [-0.39, 0.29) is 12.1 Å². The Morgan fingerprint density at radius 3 is 2.45 bits per heavy atom. The predicted octanol–water partition coefficient (Wildman–Crippen LogP) is 2.49. The molecule has 0 bridgehead atoms. The first-order valence-electron chi connectivity index (χ1n) is 7.94. The number of hydrogen-bond donors (Lipinski definition) is 1. The summed E-state index contributed by atoms with van der Waals surface area (Å²) in [5.74, 6) is 0.888. The number of urea groups is 1. The van der Waals surface area contributed by atoms with Crippen LogP contribution in [-0.4, -0.2) is 55.2 Å². The Balaban J connectivity index is 1.91. The van der Waals surface area contributed by atoms with Crippen LogP contribution in [0.2, 0.25) is 0 Å². The second-order valence-electron chi connectivity index (χ2n) is 6.08. The number of carbonyl (C=O) groups is 1. The average molecular weight is 305 g/mol. The van der Waals surface area contributed by atoms with Gasteiger partial charge in [-0.1, -0.05) is 12.1 Å². The lowest BCUT2D eigenvalue weighted by molar-refractivity contribution is 0.113. The molecule has 1 aliphatic heterocycles. The van der Waals surface area contributed by atoms with Gasteiger partial charge < -0.3 is 15.0 Å². The van der Waals surface area contributed by atoms with Crippen LogP contribution in [0.1, 0.15) is 32.4 Å². The van der Waals surface area contributed by atoms with Crippen molar-refractivity contribution in [3.8, 4) is 5.75 Å². The van der Waals surface area contributed by atoms with E-state index in [2.05, 4.69) is 29.3 Å². The lowest BCUT2D eigenvalue weighted by atomic mass is 10.1. The zero-order valence-electron chi connectivity index (χ0n) is 14.0. The summed E-state index contributed by atoms with van der Waals surface area (Å²) < 4.78 is 5.30. The Morgan fingerprint density at radius 2 is 1.86 bits per heavy atom. The number of benzene rings is 1. The molecule has 5 nitrogen and oxygen atoms in total. The van der Waals surface area contributed by atoms with Gasteiger partial charge in [-0.05, 0) is 38.5 Å². The van der Waals surface area contributed by atoms with Crippen LogP contribution in [-0.2, 0) is 0 Å². The smallest absolute Gasteiger partial charge is 0.317 e. The Hall–Kier alpha value is -1.75. The van der Waals surface area contributed by atoms with Crippen molar-refractivity contribution in [2.24, 2.45) is 0 Å². The van der Waals surface area contributed by atoms with E-state index < -0.39 is 0 Å². The highest BCUT2D eigenvalue weighted by Gasteiger charge is 2.25. The highest BCUT2D eigenvalue weighted by atomic mass is 16.5. The van der Waals surface area contributed by atoms with Crippen molar-refractivity contribution in [3.63, 3.8) is 0 Å². The minimum absolute atomic E-state index is 0.0451. The number of rotatable bonds is 4. The average Bonchev–Trinajstić information content (AvgIpc) is 2.53. The molecule has 1 aromatic rings. The molecule has 0 radical (unpaired) electrons. The Labute approximate surface area is 133 Å². The van der Waals surface area contributed by atoms with E-state index >= 15 is 0 Å². The van der Waals surface area contributed by atoms with Crippen LogP contribution in [0.15, 0.2) is 24.3 Å². The molecule has 1 fully saturated rings. The summed E-state index contributed by atoms with van der Waals surface area (Å²) in [6.45, 7) is 9.50. The van der Waals surface area contributed by atoms with Gasteiger partial charge in [0.1, 0.15) is 5.75 Å². The van der Waals surface area contributed by atoms with Crippen LogP contribution in [0.3, 0.4) is 0 Å². The summed E-state index contributed by atoms with van der Waals surface area (Å²) in [6, 6.07) is 8.75. The largest absolute Gasteiger partial charge is 0.497 e. The van der Waals surface area contributed by atoms with Gasteiger partial charge in [0.15, 0.2) is 0 Å². The first kappa shape index (κ1) is 16.6. The molecule has 0 aromatic heterocycles. The lowest BCUT2D eigenvalue weighted by Crippen LogP contribution is -2.53. The molecule has 2 amide bonds. The first-order chi connectivity index (χ1) is 10.5. The SMILES string of the molecule is COc1cccc([C@H](C)N2CCN(C(=O)NC(C)C)CC2)c1. The van der Waals surface area contributed by atoms with E-state index in [1.807, 2.05) is 30.9 Å². The van der Waals surface area contributed by atoms with Crippen molar-refractivity contribution >= 4 is 6.03 Å². The van der Waals surface area contributed by atoms with E-state index in [0.29, 0.717) is 6.04 Å². The third kappa shape index (κ3) is 4.13. The molecule has 1 N–H and O–H groups in total. The Bertz CT molecular complexity index is 496. The molecule has 1 atom stereocenters. The molecule has 5 heteroatoms. The monoisotopic (exact) mass is 305 g/mol. The van der Waals surface area contributed by atoms with Crippen LogP contribution in [0.5, 0.6) is 5.75 Å². The van der Waals surface area contributed by atoms with Gasteiger partial charge in [-0.3, -0.25) is 4.90 Å². The normalized spacial score (nSPS) is 17.4. The molecule has 122 valence electrons. The van der Waals surface area contributed by atoms with E-state index in [1.165, 1.54) is 5.56 Å². The fourth-order valence-electron chi connectivity index (χ4n) is 2.76. The van der Waals surface area contributed by atoms with Gasteiger partial charge in [-0.25, -0.2) is 4.79 Å². The van der Waals surface area contributed by atoms with E-state index in [0.717, 1.165) is 31.9 Å². The molecule has 1 saturated heterocycles. The second-order valence-corrected chi connectivity index (χ2v) is 6.08. The minimum Gasteiger partial charge on any atom is -0.497 e. The van der Waals surface area contributed by atoms with Crippen LogP contribution in [0, 0.1) is 0 Å². The van der Waals surface area contributed by atoms with Gasteiger partial charge in [0.2, 0.25) is 0 Å². The van der Waals surface area contributed by atoms with Crippen LogP contribution in [0.25, 0.3) is 0 Å². The molecule has 0 spiro atoms. The predicted molar refractivity (Wildman–Crippen MR) is 88.2 cm³/mol.